The monoisotopic (exact) mass is 200 g/mol. The second kappa shape index (κ2) is 7.03. The van der Waals surface area contributed by atoms with E-state index in [4.69, 9.17) is 21.3 Å². The Morgan fingerprint density at radius 2 is 2.09 bits per heavy atom. The van der Waals surface area contributed by atoms with Crippen LogP contribution in [-0.2, 0) is 11.1 Å². The average Bonchev–Trinajstić information content (AvgIpc) is 1.97. The van der Waals surface area contributed by atoms with Gasteiger partial charge in [-0.15, -0.1) is 11.6 Å². The highest BCUT2D eigenvalue weighted by atomic mass is 35.5. The predicted octanol–water partition coefficient (Wildman–Crippen LogP) is 0.978. The lowest BCUT2D eigenvalue weighted by Gasteiger charge is -2.09. The van der Waals surface area contributed by atoms with Gasteiger partial charge in [0.2, 0.25) is 0 Å². The summed E-state index contributed by atoms with van der Waals surface area (Å²) in [6.07, 6.45) is 1.70. The van der Waals surface area contributed by atoms with Crippen molar-refractivity contribution in [3.63, 3.8) is 0 Å². The van der Waals surface area contributed by atoms with Crippen LogP contribution in [0.3, 0.4) is 0 Å². The van der Waals surface area contributed by atoms with Crippen molar-refractivity contribution in [1.29, 1.82) is 0 Å². The van der Waals surface area contributed by atoms with Gasteiger partial charge in [0, 0.05) is 12.5 Å². The zero-order chi connectivity index (χ0) is 8.69. The van der Waals surface area contributed by atoms with E-state index in [0.29, 0.717) is 18.7 Å². The molecule has 0 fully saturated rings. The molecule has 11 heavy (non-hydrogen) atoms. The molecule has 0 spiro atoms. The zero-order valence-corrected chi connectivity index (χ0v) is 7.77. The minimum Gasteiger partial charge on any atom is -0.396 e. The van der Waals surface area contributed by atoms with Crippen LogP contribution in [0.2, 0.25) is 0 Å². The van der Waals surface area contributed by atoms with Crippen molar-refractivity contribution in [1.82, 2.24) is 0 Å². The summed E-state index contributed by atoms with van der Waals surface area (Å²) in [5.74, 6) is 0.499. The van der Waals surface area contributed by atoms with Crippen molar-refractivity contribution in [2.24, 2.45) is 0 Å². The van der Waals surface area contributed by atoms with Gasteiger partial charge >= 0.3 is 0 Å². The van der Waals surface area contributed by atoms with Crippen LogP contribution in [0.4, 0.5) is 0 Å². The molecule has 0 saturated carbocycles. The van der Waals surface area contributed by atoms with Gasteiger partial charge in [-0.25, -0.2) is 4.21 Å². The molecule has 0 radical (unpaired) electrons. The Bertz CT molecular complexity index is 120. The van der Waals surface area contributed by atoms with Crippen molar-refractivity contribution in [3.8, 4) is 0 Å². The van der Waals surface area contributed by atoms with E-state index in [2.05, 4.69) is 0 Å². The van der Waals surface area contributed by atoms with Gasteiger partial charge in [-0.3, -0.25) is 0 Å². The molecule has 0 aliphatic heterocycles. The van der Waals surface area contributed by atoms with Gasteiger partial charge in [0.15, 0.2) is 11.1 Å². The van der Waals surface area contributed by atoms with E-state index >= 15 is 0 Å². The quantitative estimate of drug-likeness (QED) is 0.497. The number of rotatable bonds is 6. The Balaban J connectivity index is 3.60. The number of halogens is 1. The Labute approximate surface area is 74.0 Å². The molecular weight excluding hydrogens is 188 g/mol. The second-order valence-electron chi connectivity index (χ2n) is 2.24. The first-order valence-electron chi connectivity index (χ1n) is 3.48. The molecular formula is C6H13ClO3S. The number of hydrogen-bond donors (Lipinski definition) is 2. The molecule has 0 aromatic heterocycles. The lowest BCUT2D eigenvalue weighted by Crippen LogP contribution is -2.16. The van der Waals surface area contributed by atoms with Gasteiger partial charge in [-0.05, 0) is 19.3 Å². The van der Waals surface area contributed by atoms with Crippen LogP contribution >= 0.6 is 11.6 Å². The number of aliphatic hydroxyl groups excluding tert-OH is 1. The molecule has 2 N–H and O–H groups in total. The molecule has 0 amide bonds. The summed E-state index contributed by atoms with van der Waals surface area (Å²) in [4.78, 5) is 0. The Kier molecular flexibility index (Phi) is 7.26. The van der Waals surface area contributed by atoms with Crippen LogP contribution in [-0.4, -0.2) is 31.6 Å². The zero-order valence-electron chi connectivity index (χ0n) is 6.20. The van der Waals surface area contributed by atoms with E-state index in [1.54, 1.807) is 0 Å². The van der Waals surface area contributed by atoms with Crippen LogP contribution in [0.5, 0.6) is 0 Å². The molecule has 2 atom stereocenters. The normalized spacial score (nSPS) is 16.3. The lowest BCUT2D eigenvalue weighted by molar-refractivity contribution is 0.282. The summed E-state index contributed by atoms with van der Waals surface area (Å²) in [5, 5.41) is 8.19. The maximum absolute atomic E-state index is 10.6. The number of aliphatic hydroxyl groups is 1. The fourth-order valence-electron chi connectivity index (χ4n) is 0.795. The van der Waals surface area contributed by atoms with Crippen LogP contribution in [0.25, 0.3) is 0 Å². The molecule has 0 aliphatic carbocycles. The van der Waals surface area contributed by atoms with E-state index in [1.165, 1.54) is 0 Å². The fraction of sp³-hybridized carbons (Fsp3) is 1.00. The van der Waals surface area contributed by atoms with Gasteiger partial charge in [0.1, 0.15) is 0 Å². The summed E-state index contributed by atoms with van der Waals surface area (Å²) < 4.78 is 19.2. The minimum atomic E-state index is -1.82. The number of alkyl halides is 1. The maximum atomic E-state index is 10.6. The van der Waals surface area contributed by atoms with Crippen LogP contribution in [0, 0.1) is 0 Å². The van der Waals surface area contributed by atoms with Gasteiger partial charge in [0.05, 0.1) is 5.25 Å². The standard InChI is InChI=1S/C6H13ClO3S/c7-4-1-2-6(3-5-8)11(9)10/h6,8H,1-5H2,(H,9,10). The van der Waals surface area contributed by atoms with Crippen LogP contribution in [0.15, 0.2) is 0 Å². The van der Waals surface area contributed by atoms with Crippen LogP contribution < -0.4 is 0 Å². The molecule has 0 bridgehead atoms. The molecule has 2 unspecified atom stereocenters. The first-order chi connectivity index (χ1) is 5.22. The van der Waals surface area contributed by atoms with Crippen molar-refractivity contribution < 1.29 is 13.9 Å². The van der Waals surface area contributed by atoms with E-state index in [9.17, 15) is 4.21 Å². The summed E-state index contributed by atoms with van der Waals surface area (Å²) in [6.45, 7) is -0.0424. The molecule has 0 heterocycles. The summed E-state index contributed by atoms with van der Waals surface area (Å²) in [7, 11) is 0. The van der Waals surface area contributed by atoms with E-state index in [0.717, 1.165) is 6.42 Å². The summed E-state index contributed by atoms with van der Waals surface area (Å²) in [5.41, 5.74) is 0. The first-order valence-corrected chi connectivity index (χ1v) is 5.19. The fourth-order valence-corrected chi connectivity index (χ4v) is 1.62. The lowest BCUT2D eigenvalue weighted by atomic mass is 10.2. The smallest absolute Gasteiger partial charge is 0.156 e. The highest BCUT2D eigenvalue weighted by Gasteiger charge is 2.13. The molecule has 0 aliphatic rings. The Morgan fingerprint density at radius 3 is 2.45 bits per heavy atom. The van der Waals surface area contributed by atoms with Crippen LogP contribution in [0.1, 0.15) is 19.3 Å². The second-order valence-corrected chi connectivity index (χ2v) is 3.84. The van der Waals surface area contributed by atoms with Crippen molar-refractivity contribution in [2.45, 2.75) is 24.5 Å². The summed E-state index contributed by atoms with van der Waals surface area (Å²) >= 11 is 3.58. The third-order valence-corrected chi connectivity index (χ3v) is 2.70. The van der Waals surface area contributed by atoms with Crippen molar-refractivity contribution >= 4 is 22.7 Å². The molecule has 0 aromatic rings. The van der Waals surface area contributed by atoms with Gasteiger partial charge < -0.3 is 9.66 Å². The van der Waals surface area contributed by atoms with Gasteiger partial charge in [0.25, 0.3) is 0 Å². The molecule has 0 rings (SSSR count). The van der Waals surface area contributed by atoms with Crippen molar-refractivity contribution in [3.05, 3.63) is 0 Å². The Morgan fingerprint density at radius 1 is 1.45 bits per heavy atom. The van der Waals surface area contributed by atoms with Gasteiger partial charge in [-0.1, -0.05) is 0 Å². The van der Waals surface area contributed by atoms with E-state index in [1.807, 2.05) is 0 Å². The average molecular weight is 201 g/mol. The maximum Gasteiger partial charge on any atom is 0.156 e. The molecule has 3 nitrogen and oxygen atoms in total. The third-order valence-electron chi connectivity index (χ3n) is 1.40. The highest BCUT2D eigenvalue weighted by molar-refractivity contribution is 7.79. The van der Waals surface area contributed by atoms with Crippen molar-refractivity contribution in [2.75, 3.05) is 12.5 Å². The predicted molar refractivity (Wildman–Crippen MR) is 46.2 cm³/mol. The molecule has 0 aromatic carbocycles. The Hall–Kier alpha value is 0.360. The number of hydrogen-bond acceptors (Lipinski definition) is 2. The third kappa shape index (κ3) is 5.61. The first kappa shape index (κ1) is 11.4. The largest absolute Gasteiger partial charge is 0.396 e. The topological polar surface area (TPSA) is 57.5 Å². The van der Waals surface area contributed by atoms with E-state index in [-0.39, 0.29) is 11.9 Å². The van der Waals surface area contributed by atoms with E-state index < -0.39 is 11.1 Å². The summed E-state index contributed by atoms with van der Waals surface area (Å²) in [6, 6.07) is 0. The minimum absolute atomic E-state index is 0.0424. The molecule has 68 valence electrons. The SMILES string of the molecule is O=S(O)C(CCO)CCCCl. The molecule has 5 heteroatoms. The van der Waals surface area contributed by atoms with Gasteiger partial charge in [-0.2, -0.15) is 0 Å². The highest BCUT2D eigenvalue weighted by Crippen LogP contribution is 2.08. The molecule has 0 saturated heterocycles.